The fourth-order valence-electron chi connectivity index (χ4n) is 1.64. The van der Waals surface area contributed by atoms with Gasteiger partial charge in [0.25, 0.3) is 0 Å². The van der Waals surface area contributed by atoms with Crippen molar-refractivity contribution in [3.63, 3.8) is 0 Å². The van der Waals surface area contributed by atoms with Gasteiger partial charge in [-0.25, -0.2) is 4.79 Å². The summed E-state index contributed by atoms with van der Waals surface area (Å²) < 4.78 is 42.1. The smallest absolute Gasteiger partial charge is 0.475 e. The van der Waals surface area contributed by atoms with E-state index in [2.05, 4.69) is 0 Å². The Labute approximate surface area is 110 Å². The Hall–Kier alpha value is -2.51. The molecular weight excluding hydrogens is 281 g/mol. The Morgan fingerprint density at radius 1 is 1.30 bits per heavy atom. The Kier molecular flexibility index (Phi) is 3.39. The number of carboxylic acid groups (broad SMARTS) is 1. The molecule has 0 saturated carbocycles. The molecule has 0 aromatic carbocycles. The second-order valence-corrected chi connectivity index (χ2v) is 3.77. The van der Waals surface area contributed by atoms with E-state index in [4.69, 9.17) is 19.4 Å². The van der Waals surface area contributed by atoms with E-state index in [0.29, 0.717) is 17.1 Å². The summed E-state index contributed by atoms with van der Waals surface area (Å²) >= 11 is 0. The third-order valence-electron chi connectivity index (χ3n) is 2.46. The van der Waals surface area contributed by atoms with Crippen LogP contribution in [0.15, 0.2) is 47.0 Å². The van der Waals surface area contributed by atoms with Gasteiger partial charge in [0.15, 0.2) is 17.3 Å². The van der Waals surface area contributed by atoms with Gasteiger partial charge in [-0.05, 0) is 17.7 Å². The van der Waals surface area contributed by atoms with Crippen LogP contribution in [-0.4, -0.2) is 29.8 Å². The molecule has 1 heterocycles. The second kappa shape index (κ2) is 4.87. The summed E-state index contributed by atoms with van der Waals surface area (Å²) in [6, 6.07) is 0. The maximum Gasteiger partial charge on any atom is 0.490 e. The second-order valence-electron chi connectivity index (χ2n) is 3.77. The molecule has 0 atom stereocenters. The van der Waals surface area contributed by atoms with Gasteiger partial charge in [-0.3, -0.25) is 4.79 Å². The molecule has 1 N–H and O–H groups in total. The topological polar surface area (TPSA) is 72.8 Å². The molecule has 5 nitrogen and oxygen atoms in total. The van der Waals surface area contributed by atoms with Gasteiger partial charge in [0.1, 0.15) is 0 Å². The predicted molar refractivity (Wildman–Crippen MR) is 58.1 cm³/mol. The van der Waals surface area contributed by atoms with Crippen LogP contribution in [0.5, 0.6) is 0 Å². The number of alkyl halides is 3. The molecule has 1 aliphatic heterocycles. The molecule has 2 aliphatic carbocycles. The highest BCUT2D eigenvalue weighted by molar-refractivity contribution is 6.11. The number of halogens is 3. The van der Waals surface area contributed by atoms with E-state index < -0.39 is 12.1 Å². The fourth-order valence-corrected chi connectivity index (χ4v) is 1.64. The van der Waals surface area contributed by atoms with Crippen molar-refractivity contribution in [2.24, 2.45) is 0 Å². The highest BCUT2D eigenvalue weighted by Crippen LogP contribution is 2.37. The van der Waals surface area contributed by atoms with Crippen LogP contribution < -0.4 is 0 Å². The number of aliphatic carboxylic acids is 1. The van der Waals surface area contributed by atoms with Crippen LogP contribution in [0.25, 0.3) is 0 Å². The van der Waals surface area contributed by atoms with Crippen LogP contribution >= 0.6 is 0 Å². The summed E-state index contributed by atoms with van der Waals surface area (Å²) in [6.07, 6.45) is 1.89. The molecule has 1 fully saturated rings. The van der Waals surface area contributed by atoms with E-state index in [-0.39, 0.29) is 12.6 Å². The summed E-state index contributed by atoms with van der Waals surface area (Å²) in [6.45, 7) is 0.217. The van der Waals surface area contributed by atoms with Gasteiger partial charge in [-0.1, -0.05) is 12.2 Å². The molecule has 3 aliphatic rings. The molecule has 3 rings (SSSR count). The lowest BCUT2D eigenvalue weighted by molar-refractivity contribution is -0.192. The van der Waals surface area contributed by atoms with Gasteiger partial charge in [0.05, 0.1) is 5.57 Å². The molecule has 106 valence electrons. The van der Waals surface area contributed by atoms with Crippen molar-refractivity contribution in [2.45, 2.75) is 6.18 Å². The number of carboxylic acids is 1. The maximum absolute atomic E-state index is 11.5. The zero-order valence-corrected chi connectivity index (χ0v) is 9.73. The van der Waals surface area contributed by atoms with Crippen LogP contribution in [0.2, 0.25) is 0 Å². The number of fused-ring (bicyclic) bond motifs is 2. The minimum Gasteiger partial charge on any atom is -0.475 e. The summed E-state index contributed by atoms with van der Waals surface area (Å²) in [5.74, 6) is -1.49. The minimum atomic E-state index is -5.08. The zero-order valence-electron chi connectivity index (χ0n) is 9.73. The van der Waals surface area contributed by atoms with E-state index >= 15 is 0 Å². The Balaban J connectivity index is 0.000000182. The molecule has 8 heteroatoms. The number of rotatable bonds is 0. The standard InChI is InChI=1S/C10H6O3.C2HF3O2/c11-7-3-1-2-6-4-8-10(9(6)7)13-5-12-8;3-2(4,5)1(6)7/h1-4H,5H2;(H,6,7). The molecule has 0 aromatic rings. The first-order chi connectivity index (χ1) is 9.30. The lowest BCUT2D eigenvalue weighted by Crippen LogP contribution is -2.21. The predicted octanol–water partition coefficient (Wildman–Crippen LogP) is 1.84. The molecule has 20 heavy (non-hydrogen) atoms. The first-order valence-corrected chi connectivity index (χ1v) is 5.26. The molecule has 1 saturated heterocycles. The Morgan fingerprint density at radius 2 is 1.95 bits per heavy atom. The summed E-state index contributed by atoms with van der Waals surface area (Å²) in [5.41, 5.74) is 1.52. The molecular formula is C12H7F3O5. The SMILES string of the molecule is O=C(O)C(F)(F)F.O=C1C=CC=C2C=C3OCOC3=C12. The largest absolute Gasteiger partial charge is 0.490 e. The lowest BCUT2D eigenvalue weighted by atomic mass is 10.00. The van der Waals surface area contributed by atoms with Crippen molar-refractivity contribution in [1.29, 1.82) is 0 Å². The molecule has 0 spiro atoms. The Bertz CT molecular complexity index is 593. The summed E-state index contributed by atoms with van der Waals surface area (Å²) in [4.78, 5) is 20.4. The van der Waals surface area contributed by atoms with E-state index in [1.807, 2.05) is 12.2 Å². The number of hydrogen-bond donors (Lipinski definition) is 1. The highest BCUT2D eigenvalue weighted by atomic mass is 19.4. The number of ether oxygens (including phenoxy) is 2. The Morgan fingerprint density at radius 3 is 2.55 bits per heavy atom. The van der Waals surface area contributed by atoms with Gasteiger partial charge >= 0.3 is 12.1 Å². The fraction of sp³-hybridized carbons (Fsp3) is 0.167. The van der Waals surface area contributed by atoms with E-state index in [9.17, 15) is 18.0 Å². The number of allylic oxidation sites excluding steroid dienone is 6. The van der Waals surface area contributed by atoms with Crippen molar-refractivity contribution >= 4 is 11.8 Å². The van der Waals surface area contributed by atoms with Crippen LogP contribution in [0, 0.1) is 0 Å². The van der Waals surface area contributed by atoms with Gasteiger partial charge in [0.2, 0.25) is 6.79 Å². The molecule has 0 unspecified atom stereocenters. The van der Waals surface area contributed by atoms with Crippen molar-refractivity contribution in [2.75, 3.05) is 6.79 Å². The number of ketones is 1. The first kappa shape index (κ1) is 13.9. The van der Waals surface area contributed by atoms with Gasteiger partial charge in [-0.15, -0.1) is 0 Å². The van der Waals surface area contributed by atoms with Crippen molar-refractivity contribution < 1.29 is 37.3 Å². The van der Waals surface area contributed by atoms with E-state index in [1.54, 1.807) is 6.08 Å². The normalized spacial score (nSPS) is 19.1. The number of hydrogen-bond acceptors (Lipinski definition) is 4. The van der Waals surface area contributed by atoms with Crippen molar-refractivity contribution in [3.8, 4) is 0 Å². The molecule has 0 radical (unpaired) electrons. The van der Waals surface area contributed by atoms with E-state index in [1.165, 1.54) is 6.08 Å². The van der Waals surface area contributed by atoms with Gasteiger partial charge in [0, 0.05) is 0 Å². The van der Waals surface area contributed by atoms with Crippen LogP contribution in [0.4, 0.5) is 13.2 Å². The van der Waals surface area contributed by atoms with E-state index in [0.717, 1.165) is 5.57 Å². The van der Waals surface area contributed by atoms with Crippen LogP contribution in [-0.2, 0) is 19.1 Å². The zero-order chi connectivity index (χ0) is 14.9. The molecule has 0 bridgehead atoms. The quantitative estimate of drug-likeness (QED) is 0.736. The van der Waals surface area contributed by atoms with Crippen molar-refractivity contribution in [1.82, 2.24) is 0 Å². The van der Waals surface area contributed by atoms with Crippen molar-refractivity contribution in [3.05, 3.63) is 47.0 Å². The third-order valence-corrected chi connectivity index (χ3v) is 2.46. The minimum absolute atomic E-state index is 0.00995. The summed E-state index contributed by atoms with van der Waals surface area (Å²) in [7, 11) is 0. The van der Waals surface area contributed by atoms with Gasteiger partial charge < -0.3 is 14.6 Å². The number of carbonyl (C=O) groups excluding carboxylic acids is 1. The third kappa shape index (κ3) is 2.58. The highest BCUT2D eigenvalue weighted by Gasteiger charge is 2.38. The van der Waals surface area contributed by atoms with Crippen LogP contribution in [0.3, 0.4) is 0 Å². The molecule has 0 amide bonds. The van der Waals surface area contributed by atoms with Gasteiger partial charge in [-0.2, -0.15) is 13.2 Å². The monoisotopic (exact) mass is 288 g/mol. The number of carbonyl (C=O) groups is 2. The lowest BCUT2D eigenvalue weighted by Gasteiger charge is -2.04. The first-order valence-electron chi connectivity index (χ1n) is 5.26. The summed E-state index contributed by atoms with van der Waals surface area (Å²) in [5, 5.41) is 7.12. The average molecular weight is 288 g/mol. The molecule has 0 aromatic heterocycles. The van der Waals surface area contributed by atoms with Crippen LogP contribution in [0.1, 0.15) is 0 Å². The average Bonchev–Trinajstić information content (AvgIpc) is 2.88. The maximum atomic E-state index is 11.5.